The molecule has 1 N–H and O–H groups in total. The van der Waals surface area contributed by atoms with Crippen LogP contribution in [0.2, 0.25) is 0 Å². The normalized spacial score (nSPS) is 11.2. The monoisotopic (exact) mass is 369 g/mol. The van der Waals surface area contributed by atoms with Crippen LogP contribution in [0.15, 0.2) is 24.8 Å². The van der Waals surface area contributed by atoms with Gasteiger partial charge in [-0.25, -0.2) is 4.79 Å². The Morgan fingerprint density at radius 3 is 2.20 bits per heavy atom. The number of ether oxygens (including phenoxy) is 4. The average molecular weight is 369 g/mol. The Balaban J connectivity index is 3.03. The van der Waals surface area contributed by atoms with Crippen LogP contribution in [0.25, 0.3) is 0 Å². The predicted molar refractivity (Wildman–Crippen MR) is 96.9 cm³/mol. The molecule has 0 aromatic heterocycles. The second-order valence-electron chi connectivity index (χ2n) is 4.79. The Bertz CT molecular complexity index is 594. The maximum atomic E-state index is 12.5. The molecule has 0 radical (unpaired) electrons. The number of esters is 1. The van der Waals surface area contributed by atoms with Crippen molar-refractivity contribution in [3.63, 3.8) is 0 Å². The van der Waals surface area contributed by atoms with Crippen molar-refractivity contribution < 1.29 is 28.5 Å². The third-order valence-corrected chi connectivity index (χ3v) is 4.28. The number of carbonyl (C=O) groups excluding carboxylic acids is 2. The molecule has 0 aliphatic heterocycles. The molecule has 1 aromatic carbocycles. The molecule has 138 valence electrons. The number of amides is 1. The van der Waals surface area contributed by atoms with Crippen LogP contribution < -0.4 is 19.5 Å². The fraction of sp³-hybridized carbons (Fsp3) is 0.412. The second kappa shape index (κ2) is 10.5. The van der Waals surface area contributed by atoms with Gasteiger partial charge in [0.05, 0.1) is 28.4 Å². The Labute approximate surface area is 151 Å². The molecule has 1 atom stereocenters. The number of nitrogens with one attached hydrogen (secondary N) is 1. The first-order chi connectivity index (χ1) is 12.0. The van der Waals surface area contributed by atoms with E-state index in [4.69, 9.17) is 18.9 Å². The Morgan fingerprint density at radius 1 is 1.16 bits per heavy atom. The zero-order valence-corrected chi connectivity index (χ0v) is 15.6. The topological polar surface area (TPSA) is 83.1 Å². The summed E-state index contributed by atoms with van der Waals surface area (Å²) in [6, 6.07) is 2.26. The lowest BCUT2D eigenvalue weighted by atomic mass is 10.1. The summed E-state index contributed by atoms with van der Waals surface area (Å²) in [6.45, 7) is 3.62. The molecule has 0 spiro atoms. The lowest BCUT2D eigenvalue weighted by Crippen LogP contribution is -2.43. The summed E-state index contributed by atoms with van der Waals surface area (Å²) in [5, 5.41) is 2.66. The van der Waals surface area contributed by atoms with E-state index >= 15 is 0 Å². The van der Waals surface area contributed by atoms with Gasteiger partial charge in [-0.3, -0.25) is 4.79 Å². The van der Waals surface area contributed by atoms with E-state index < -0.39 is 17.9 Å². The summed E-state index contributed by atoms with van der Waals surface area (Å²) >= 11 is 1.46. The molecule has 1 unspecified atom stereocenters. The predicted octanol–water partition coefficient (Wildman–Crippen LogP) is 1.90. The highest BCUT2D eigenvalue weighted by Crippen LogP contribution is 2.38. The number of carbonyl (C=O) groups is 2. The molecular formula is C17H23NO6S. The van der Waals surface area contributed by atoms with Gasteiger partial charge in [0, 0.05) is 17.1 Å². The van der Waals surface area contributed by atoms with E-state index in [1.54, 1.807) is 6.08 Å². The molecule has 1 rings (SSSR count). The molecule has 1 aromatic rings. The number of methoxy groups -OCH3 is 4. The molecule has 0 aliphatic rings. The van der Waals surface area contributed by atoms with Crippen molar-refractivity contribution in [2.24, 2.45) is 0 Å². The van der Waals surface area contributed by atoms with Crippen LogP contribution in [0.3, 0.4) is 0 Å². The minimum absolute atomic E-state index is 0.275. The van der Waals surface area contributed by atoms with Gasteiger partial charge in [0.15, 0.2) is 11.5 Å². The third-order valence-electron chi connectivity index (χ3n) is 3.24. The fourth-order valence-corrected chi connectivity index (χ4v) is 2.79. The summed E-state index contributed by atoms with van der Waals surface area (Å²) in [5.41, 5.74) is 0.275. The lowest BCUT2D eigenvalue weighted by Gasteiger charge is -2.17. The second-order valence-corrected chi connectivity index (χ2v) is 5.86. The Morgan fingerprint density at radius 2 is 1.76 bits per heavy atom. The van der Waals surface area contributed by atoms with Crippen LogP contribution >= 0.6 is 11.8 Å². The van der Waals surface area contributed by atoms with E-state index in [1.165, 1.54) is 52.3 Å². The highest BCUT2D eigenvalue weighted by molar-refractivity contribution is 7.99. The molecule has 0 aliphatic carbocycles. The van der Waals surface area contributed by atoms with Gasteiger partial charge in [0.25, 0.3) is 5.91 Å². The smallest absolute Gasteiger partial charge is 0.329 e. The van der Waals surface area contributed by atoms with E-state index in [0.717, 1.165) is 0 Å². The molecule has 0 saturated carbocycles. The number of benzene rings is 1. The van der Waals surface area contributed by atoms with Crippen LogP contribution in [0.4, 0.5) is 0 Å². The zero-order valence-electron chi connectivity index (χ0n) is 14.8. The van der Waals surface area contributed by atoms with Gasteiger partial charge >= 0.3 is 5.97 Å². The van der Waals surface area contributed by atoms with E-state index in [9.17, 15) is 9.59 Å². The van der Waals surface area contributed by atoms with Gasteiger partial charge in [0.2, 0.25) is 5.75 Å². The molecule has 7 nitrogen and oxygen atoms in total. The van der Waals surface area contributed by atoms with Crippen molar-refractivity contribution in [1.29, 1.82) is 0 Å². The molecule has 25 heavy (non-hydrogen) atoms. The molecule has 0 bridgehead atoms. The van der Waals surface area contributed by atoms with Crippen molar-refractivity contribution in [2.75, 3.05) is 39.9 Å². The standard InChI is InChI=1S/C17H23NO6S/c1-6-7-25-10-12(17(20)24-5)18-16(19)11-8-13(21-2)15(23-4)14(9-11)22-3/h6,8-9,12H,1,7,10H2,2-5H3,(H,18,19). The van der Waals surface area contributed by atoms with Crippen LogP contribution in [0.1, 0.15) is 10.4 Å². The van der Waals surface area contributed by atoms with Crippen LogP contribution in [-0.4, -0.2) is 57.9 Å². The van der Waals surface area contributed by atoms with Gasteiger partial charge in [0.1, 0.15) is 6.04 Å². The first kappa shape index (κ1) is 20.7. The van der Waals surface area contributed by atoms with Crippen LogP contribution in [-0.2, 0) is 9.53 Å². The highest BCUT2D eigenvalue weighted by atomic mass is 32.2. The highest BCUT2D eigenvalue weighted by Gasteiger charge is 2.24. The van der Waals surface area contributed by atoms with Crippen molar-refractivity contribution in [3.8, 4) is 17.2 Å². The Hall–Kier alpha value is -2.35. The van der Waals surface area contributed by atoms with Gasteiger partial charge in [-0.05, 0) is 12.1 Å². The zero-order chi connectivity index (χ0) is 18.8. The first-order valence-corrected chi connectivity index (χ1v) is 8.55. The first-order valence-electron chi connectivity index (χ1n) is 7.39. The summed E-state index contributed by atoms with van der Waals surface area (Å²) in [7, 11) is 5.67. The number of rotatable bonds is 10. The van der Waals surface area contributed by atoms with Gasteiger partial charge in [-0.1, -0.05) is 6.08 Å². The minimum atomic E-state index is -0.776. The van der Waals surface area contributed by atoms with Crippen molar-refractivity contribution in [2.45, 2.75) is 6.04 Å². The molecule has 1 amide bonds. The van der Waals surface area contributed by atoms with Crippen molar-refractivity contribution in [1.82, 2.24) is 5.32 Å². The molecule has 0 heterocycles. The van der Waals surface area contributed by atoms with E-state index in [0.29, 0.717) is 28.8 Å². The van der Waals surface area contributed by atoms with Crippen molar-refractivity contribution in [3.05, 3.63) is 30.4 Å². The number of thioether (sulfide) groups is 1. The maximum absolute atomic E-state index is 12.5. The maximum Gasteiger partial charge on any atom is 0.329 e. The van der Waals surface area contributed by atoms with E-state index in [2.05, 4.69) is 11.9 Å². The third kappa shape index (κ3) is 5.60. The minimum Gasteiger partial charge on any atom is -0.493 e. The lowest BCUT2D eigenvalue weighted by molar-refractivity contribution is -0.142. The van der Waals surface area contributed by atoms with Crippen LogP contribution in [0.5, 0.6) is 17.2 Å². The number of hydrogen-bond donors (Lipinski definition) is 1. The fourth-order valence-electron chi connectivity index (χ4n) is 2.03. The summed E-state index contributed by atoms with van der Waals surface area (Å²) in [6.07, 6.45) is 1.72. The Kier molecular flexibility index (Phi) is 8.69. The summed E-state index contributed by atoms with van der Waals surface area (Å²) < 4.78 is 20.4. The summed E-state index contributed by atoms with van der Waals surface area (Å²) in [5.74, 6) is 1.15. The van der Waals surface area contributed by atoms with E-state index in [1.807, 2.05) is 0 Å². The summed E-state index contributed by atoms with van der Waals surface area (Å²) in [4.78, 5) is 24.4. The van der Waals surface area contributed by atoms with Gasteiger partial charge in [-0.2, -0.15) is 11.8 Å². The van der Waals surface area contributed by atoms with E-state index in [-0.39, 0.29) is 5.56 Å². The largest absolute Gasteiger partial charge is 0.493 e. The quantitative estimate of drug-likeness (QED) is 0.383. The molecule has 0 saturated heterocycles. The number of hydrogen-bond acceptors (Lipinski definition) is 7. The van der Waals surface area contributed by atoms with Crippen molar-refractivity contribution >= 4 is 23.6 Å². The van der Waals surface area contributed by atoms with Gasteiger partial charge < -0.3 is 24.3 Å². The van der Waals surface area contributed by atoms with Gasteiger partial charge in [-0.15, -0.1) is 6.58 Å². The molecular weight excluding hydrogens is 346 g/mol. The molecule has 0 fully saturated rings. The molecule has 8 heteroatoms. The van der Waals surface area contributed by atoms with Crippen LogP contribution in [0, 0.1) is 0 Å². The average Bonchev–Trinajstić information content (AvgIpc) is 2.65. The SMILES string of the molecule is C=CCSCC(NC(=O)c1cc(OC)c(OC)c(OC)c1)C(=O)OC.